The van der Waals surface area contributed by atoms with Crippen LogP contribution in [0.5, 0.6) is 0 Å². The molecule has 0 aromatic carbocycles. The summed E-state index contributed by atoms with van der Waals surface area (Å²) in [5.74, 6) is 0.810. The molecule has 0 aromatic heterocycles. The molecule has 1 fully saturated rings. The van der Waals surface area contributed by atoms with E-state index in [0.717, 1.165) is 25.4 Å². The van der Waals surface area contributed by atoms with Crippen LogP contribution in [0.1, 0.15) is 39.0 Å². The Hall–Kier alpha value is -0.120. The van der Waals surface area contributed by atoms with Crippen molar-refractivity contribution in [1.82, 2.24) is 0 Å². The van der Waals surface area contributed by atoms with Crippen molar-refractivity contribution in [2.75, 3.05) is 26.9 Å². The van der Waals surface area contributed by atoms with Crippen molar-refractivity contribution in [2.24, 2.45) is 11.7 Å². The first-order valence-electron chi connectivity index (χ1n) is 6.02. The van der Waals surface area contributed by atoms with Gasteiger partial charge >= 0.3 is 0 Å². The molecule has 0 bridgehead atoms. The minimum atomic E-state index is 0.101. The van der Waals surface area contributed by atoms with Crippen LogP contribution in [0, 0.1) is 5.92 Å². The Labute approximate surface area is 93.3 Å². The molecule has 1 saturated carbocycles. The van der Waals surface area contributed by atoms with Gasteiger partial charge in [-0.25, -0.2) is 0 Å². The summed E-state index contributed by atoms with van der Waals surface area (Å²) in [4.78, 5) is 0. The lowest BCUT2D eigenvalue weighted by atomic mass is 9.92. The van der Waals surface area contributed by atoms with Crippen molar-refractivity contribution in [3.63, 3.8) is 0 Å². The van der Waals surface area contributed by atoms with E-state index in [9.17, 15) is 0 Å². The average molecular weight is 215 g/mol. The number of hydrogen-bond donors (Lipinski definition) is 1. The Bertz CT molecular complexity index is 175. The molecule has 0 spiro atoms. The van der Waals surface area contributed by atoms with Crippen molar-refractivity contribution < 1.29 is 9.47 Å². The third-order valence-corrected chi connectivity index (χ3v) is 3.29. The molecule has 1 aliphatic rings. The SMILES string of the molecule is COCCOCCCC1(N)CCC(C)C1. The fourth-order valence-electron chi connectivity index (χ4n) is 2.43. The zero-order valence-corrected chi connectivity index (χ0v) is 10.1. The van der Waals surface area contributed by atoms with Crippen LogP contribution >= 0.6 is 0 Å². The van der Waals surface area contributed by atoms with Crippen molar-refractivity contribution in [3.05, 3.63) is 0 Å². The second-order valence-electron chi connectivity index (χ2n) is 4.92. The number of rotatable bonds is 7. The predicted octanol–water partition coefficient (Wildman–Crippen LogP) is 1.95. The Morgan fingerprint density at radius 1 is 1.33 bits per heavy atom. The smallest absolute Gasteiger partial charge is 0.0700 e. The van der Waals surface area contributed by atoms with E-state index in [-0.39, 0.29) is 5.54 Å². The third kappa shape index (κ3) is 4.96. The van der Waals surface area contributed by atoms with Gasteiger partial charge in [-0.2, -0.15) is 0 Å². The molecular weight excluding hydrogens is 190 g/mol. The number of nitrogens with two attached hydrogens (primary N) is 1. The van der Waals surface area contributed by atoms with Crippen molar-refractivity contribution in [2.45, 2.75) is 44.6 Å². The molecule has 0 amide bonds. The van der Waals surface area contributed by atoms with Gasteiger partial charge in [0, 0.05) is 19.3 Å². The average Bonchev–Trinajstić information content (AvgIpc) is 2.53. The lowest BCUT2D eigenvalue weighted by Crippen LogP contribution is -2.36. The summed E-state index contributed by atoms with van der Waals surface area (Å²) in [6, 6.07) is 0. The van der Waals surface area contributed by atoms with Gasteiger partial charge in [0.25, 0.3) is 0 Å². The van der Waals surface area contributed by atoms with E-state index in [1.165, 1.54) is 19.3 Å². The molecule has 90 valence electrons. The van der Waals surface area contributed by atoms with E-state index >= 15 is 0 Å². The maximum atomic E-state index is 6.31. The van der Waals surface area contributed by atoms with Crippen LogP contribution in [-0.2, 0) is 9.47 Å². The Morgan fingerprint density at radius 2 is 2.13 bits per heavy atom. The summed E-state index contributed by atoms with van der Waals surface area (Å²) in [5.41, 5.74) is 6.41. The second-order valence-corrected chi connectivity index (χ2v) is 4.92. The normalized spacial score (nSPS) is 31.0. The fraction of sp³-hybridized carbons (Fsp3) is 1.00. The molecule has 2 atom stereocenters. The van der Waals surface area contributed by atoms with Gasteiger partial charge in [-0.1, -0.05) is 6.92 Å². The maximum absolute atomic E-state index is 6.31. The Morgan fingerprint density at radius 3 is 2.73 bits per heavy atom. The maximum Gasteiger partial charge on any atom is 0.0700 e. The minimum Gasteiger partial charge on any atom is -0.382 e. The molecule has 0 aromatic rings. The summed E-state index contributed by atoms with van der Waals surface area (Å²) in [7, 11) is 1.69. The highest BCUT2D eigenvalue weighted by Gasteiger charge is 2.32. The topological polar surface area (TPSA) is 44.5 Å². The quantitative estimate of drug-likeness (QED) is 0.660. The molecule has 0 saturated heterocycles. The lowest BCUT2D eigenvalue weighted by molar-refractivity contribution is 0.0664. The van der Waals surface area contributed by atoms with Crippen molar-refractivity contribution in [1.29, 1.82) is 0 Å². The molecule has 3 heteroatoms. The second kappa shape index (κ2) is 6.46. The zero-order valence-electron chi connectivity index (χ0n) is 10.1. The van der Waals surface area contributed by atoms with Crippen LogP contribution in [0.15, 0.2) is 0 Å². The molecule has 2 N–H and O–H groups in total. The monoisotopic (exact) mass is 215 g/mol. The third-order valence-electron chi connectivity index (χ3n) is 3.29. The highest BCUT2D eigenvalue weighted by Crippen LogP contribution is 2.35. The van der Waals surface area contributed by atoms with E-state index < -0.39 is 0 Å². The van der Waals surface area contributed by atoms with Gasteiger partial charge in [0.05, 0.1) is 13.2 Å². The van der Waals surface area contributed by atoms with Gasteiger partial charge < -0.3 is 15.2 Å². The lowest BCUT2D eigenvalue weighted by Gasteiger charge is -2.23. The van der Waals surface area contributed by atoms with E-state index in [4.69, 9.17) is 15.2 Å². The first kappa shape index (κ1) is 12.9. The largest absolute Gasteiger partial charge is 0.382 e. The summed E-state index contributed by atoms with van der Waals surface area (Å²) in [6.45, 7) is 4.50. The van der Waals surface area contributed by atoms with E-state index in [2.05, 4.69) is 6.92 Å². The van der Waals surface area contributed by atoms with Gasteiger partial charge in [-0.05, 0) is 38.0 Å². The van der Waals surface area contributed by atoms with Gasteiger partial charge in [0.1, 0.15) is 0 Å². The van der Waals surface area contributed by atoms with Crippen LogP contribution in [0.3, 0.4) is 0 Å². The number of methoxy groups -OCH3 is 1. The van der Waals surface area contributed by atoms with Crippen LogP contribution in [0.4, 0.5) is 0 Å². The molecule has 15 heavy (non-hydrogen) atoms. The highest BCUT2D eigenvalue weighted by molar-refractivity contribution is 4.91. The molecule has 0 radical (unpaired) electrons. The van der Waals surface area contributed by atoms with Gasteiger partial charge in [-0.3, -0.25) is 0 Å². The summed E-state index contributed by atoms with van der Waals surface area (Å²) in [6.07, 6.45) is 5.84. The zero-order chi connectivity index (χ0) is 11.1. The fourth-order valence-corrected chi connectivity index (χ4v) is 2.43. The molecule has 3 nitrogen and oxygen atoms in total. The standard InChI is InChI=1S/C12H25NO2/c1-11-4-6-12(13,10-11)5-3-7-15-9-8-14-2/h11H,3-10,13H2,1-2H3. The molecule has 2 unspecified atom stereocenters. The van der Waals surface area contributed by atoms with Crippen LogP contribution in [-0.4, -0.2) is 32.5 Å². The molecular formula is C12H25NO2. The summed E-state index contributed by atoms with van der Waals surface area (Å²) >= 11 is 0. The Kier molecular flexibility index (Phi) is 5.58. The number of ether oxygens (including phenoxy) is 2. The molecule has 0 aliphatic heterocycles. The number of hydrogen-bond acceptors (Lipinski definition) is 3. The van der Waals surface area contributed by atoms with E-state index in [0.29, 0.717) is 13.2 Å². The molecule has 1 rings (SSSR count). The first-order valence-corrected chi connectivity index (χ1v) is 6.02. The van der Waals surface area contributed by atoms with Crippen LogP contribution in [0.25, 0.3) is 0 Å². The Balaban J connectivity index is 2.00. The minimum absolute atomic E-state index is 0.101. The van der Waals surface area contributed by atoms with Gasteiger partial charge in [0.15, 0.2) is 0 Å². The molecule has 0 heterocycles. The van der Waals surface area contributed by atoms with Gasteiger partial charge in [-0.15, -0.1) is 0 Å². The van der Waals surface area contributed by atoms with E-state index in [1.807, 2.05) is 0 Å². The van der Waals surface area contributed by atoms with Crippen LogP contribution < -0.4 is 5.73 Å². The van der Waals surface area contributed by atoms with Crippen molar-refractivity contribution in [3.8, 4) is 0 Å². The highest BCUT2D eigenvalue weighted by atomic mass is 16.5. The van der Waals surface area contributed by atoms with Crippen molar-refractivity contribution >= 4 is 0 Å². The predicted molar refractivity (Wildman–Crippen MR) is 61.9 cm³/mol. The van der Waals surface area contributed by atoms with Crippen LogP contribution in [0.2, 0.25) is 0 Å². The first-order chi connectivity index (χ1) is 7.16. The van der Waals surface area contributed by atoms with Gasteiger partial charge in [0.2, 0.25) is 0 Å². The summed E-state index contributed by atoms with van der Waals surface area (Å²) in [5, 5.41) is 0. The summed E-state index contributed by atoms with van der Waals surface area (Å²) < 4.78 is 10.3. The van der Waals surface area contributed by atoms with E-state index in [1.54, 1.807) is 7.11 Å². The molecule has 1 aliphatic carbocycles.